The van der Waals surface area contributed by atoms with Crippen molar-refractivity contribution in [3.63, 3.8) is 0 Å². The molecule has 0 heterocycles. The van der Waals surface area contributed by atoms with Crippen LogP contribution in [0.4, 0.5) is 0 Å². The molecule has 0 aromatic heterocycles. The van der Waals surface area contributed by atoms with Crippen LogP contribution in [0.2, 0.25) is 0 Å². The van der Waals surface area contributed by atoms with Gasteiger partial charge in [-0.15, -0.1) is 0 Å². The number of hydrogen-bond donors (Lipinski definition) is 0. The first-order chi connectivity index (χ1) is 16.3. The molecule has 0 amide bonds. The van der Waals surface area contributed by atoms with Crippen molar-refractivity contribution < 1.29 is 23.7 Å². The molecule has 182 valence electrons. The Bertz CT molecular complexity index is 1020. The van der Waals surface area contributed by atoms with Gasteiger partial charge in [-0.1, -0.05) is 27.2 Å². The number of carbonyl (C=O) groups excluding carboxylic acids is 1. The van der Waals surface area contributed by atoms with Crippen LogP contribution in [0.25, 0.3) is 12.2 Å². The van der Waals surface area contributed by atoms with Gasteiger partial charge in [0.15, 0.2) is 5.78 Å². The molecule has 1 saturated carbocycles. The lowest BCUT2D eigenvalue weighted by atomic mass is 9.66. The van der Waals surface area contributed by atoms with Gasteiger partial charge < -0.3 is 18.9 Å². The molecule has 1 aliphatic rings. The maximum absolute atomic E-state index is 13.7. The van der Waals surface area contributed by atoms with Crippen LogP contribution in [0, 0.1) is 11.3 Å². The highest BCUT2D eigenvalue weighted by atomic mass is 16.5. The predicted molar refractivity (Wildman–Crippen MR) is 137 cm³/mol. The van der Waals surface area contributed by atoms with Crippen LogP contribution in [-0.2, 0) is 4.79 Å². The third-order valence-corrected chi connectivity index (χ3v) is 7.07. The molecule has 5 heteroatoms. The van der Waals surface area contributed by atoms with E-state index in [1.54, 1.807) is 28.4 Å². The van der Waals surface area contributed by atoms with Crippen LogP contribution in [0.5, 0.6) is 23.0 Å². The lowest BCUT2D eigenvalue weighted by molar-refractivity contribution is -0.113. The zero-order chi connectivity index (χ0) is 24.9. The number of hydrogen-bond acceptors (Lipinski definition) is 5. The first kappa shape index (κ1) is 25.4. The van der Waals surface area contributed by atoms with Gasteiger partial charge in [-0.25, -0.2) is 0 Å². The first-order valence-electron chi connectivity index (χ1n) is 11.7. The number of benzene rings is 2. The number of carbonyl (C=O) groups is 1. The van der Waals surface area contributed by atoms with Crippen LogP contribution in [0.15, 0.2) is 47.5 Å². The van der Waals surface area contributed by atoms with Gasteiger partial charge in [-0.2, -0.15) is 0 Å². The summed E-state index contributed by atoms with van der Waals surface area (Å²) in [6, 6.07) is 11.2. The number of methoxy groups -OCH3 is 4. The highest BCUT2D eigenvalue weighted by Gasteiger charge is 2.36. The Labute approximate surface area is 203 Å². The molecule has 5 nitrogen and oxygen atoms in total. The molecule has 0 saturated heterocycles. The first-order valence-corrected chi connectivity index (χ1v) is 11.7. The normalized spacial score (nSPS) is 18.8. The van der Waals surface area contributed by atoms with Crippen molar-refractivity contribution in [1.82, 2.24) is 0 Å². The quantitative estimate of drug-likeness (QED) is 0.412. The minimum Gasteiger partial charge on any atom is -0.497 e. The SMILES string of the molecule is CCC(C)(C)C1C/C(=C\c2cc(OC)ccc2OC)C(=O)/C(=C/c2cc(OC)ccc2OC)C1. The molecule has 0 radical (unpaired) electrons. The van der Waals surface area contributed by atoms with Gasteiger partial charge >= 0.3 is 0 Å². The van der Waals surface area contributed by atoms with Crippen molar-refractivity contribution in [2.75, 3.05) is 28.4 Å². The van der Waals surface area contributed by atoms with Crippen LogP contribution < -0.4 is 18.9 Å². The number of allylic oxidation sites excluding steroid dienone is 2. The van der Waals surface area contributed by atoms with Gasteiger partial charge in [0, 0.05) is 22.3 Å². The van der Waals surface area contributed by atoms with Gasteiger partial charge in [-0.05, 0) is 72.7 Å². The highest BCUT2D eigenvalue weighted by molar-refractivity contribution is 6.14. The van der Waals surface area contributed by atoms with E-state index in [1.165, 1.54) is 0 Å². The van der Waals surface area contributed by atoms with E-state index in [2.05, 4.69) is 20.8 Å². The van der Waals surface area contributed by atoms with E-state index in [1.807, 2.05) is 48.6 Å². The Balaban J connectivity index is 2.13. The smallest absolute Gasteiger partial charge is 0.185 e. The number of Topliss-reactive ketones (excluding diaryl/α,β-unsaturated/α-hetero) is 1. The standard InChI is InChI=1S/C29H36O5/c1-8-29(2,3)23-15-21(13-19-17-24(31-4)9-11-26(19)33-6)28(30)22(16-23)14-20-18-25(32-5)10-12-27(20)34-7/h9-14,17-18,23H,8,15-16H2,1-7H3/b21-13+,22-14+. The second-order valence-corrected chi connectivity index (χ2v) is 9.33. The summed E-state index contributed by atoms with van der Waals surface area (Å²) in [4.78, 5) is 13.7. The molecule has 1 aliphatic carbocycles. The summed E-state index contributed by atoms with van der Waals surface area (Å²) >= 11 is 0. The van der Waals surface area contributed by atoms with Gasteiger partial charge in [0.1, 0.15) is 23.0 Å². The Morgan fingerprint density at radius 3 is 1.59 bits per heavy atom. The van der Waals surface area contributed by atoms with E-state index in [0.717, 1.165) is 40.2 Å². The van der Waals surface area contributed by atoms with E-state index in [9.17, 15) is 4.79 Å². The molecule has 2 aromatic rings. The van der Waals surface area contributed by atoms with E-state index in [0.29, 0.717) is 30.3 Å². The zero-order valence-corrected chi connectivity index (χ0v) is 21.4. The molecule has 0 N–H and O–H groups in total. The van der Waals surface area contributed by atoms with Crippen LogP contribution in [-0.4, -0.2) is 34.2 Å². The monoisotopic (exact) mass is 464 g/mol. The average molecular weight is 465 g/mol. The van der Waals surface area contributed by atoms with E-state index >= 15 is 0 Å². The largest absolute Gasteiger partial charge is 0.497 e. The third kappa shape index (κ3) is 5.46. The summed E-state index contributed by atoms with van der Waals surface area (Å²) in [6.45, 7) is 6.77. The summed E-state index contributed by atoms with van der Waals surface area (Å²) in [5, 5.41) is 0. The second-order valence-electron chi connectivity index (χ2n) is 9.33. The summed E-state index contributed by atoms with van der Waals surface area (Å²) in [5.74, 6) is 3.23. The van der Waals surface area contributed by atoms with Crippen LogP contribution in [0.3, 0.4) is 0 Å². The van der Waals surface area contributed by atoms with E-state index in [-0.39, 0.29) is 11.2 Å². The van der Waals surface area contributed by atoms with Crippen molar-refractivity contribution in [3.05, 3.63) is 58.7 Å². The molecule has 0 bridgehead atoms. The topological polar surface area (TPSA) is 54.0 Å². The van der Waals surface area contributed by atoms with Gasteiger partial charge in [0.25, 0.3) is 0 Å². The Morgan fingerprint density at radius 2 is 1.24 bits per heavy atom. The lowest BCUT2D eigenvalue weighted by Crippen LogP contribution is -2.30. The molecular weight excluding hydrogens is 428 g/mol. The number of ketones is 1. The molecule has 34 heavy (non-hydrogen) atoms. The van der Waals surface area contributed by atoms with E-state index in [4.69, 9.17) is 18.9 Å². The molecule has 2 aromatic carbocycles. The summed E-state index contributed by atoms with van der Waals surface area (Å²) in [6.07, 6.45) is 6.37. The van der Waals surface area contributed by atoms with Crippen molar-refractivity contribution in [1.29, 1.82) is 0 Å². The Kier molecular flexibility index (Phi) is 8.08. The molecule has 0 spiro atoms. The highest BCUT2D eigenvalue weighted by Crippen LogP contribution is 2.45. The van der Waals surface area contributed by atoms with Gasteiger partial charge in [0.05, 0.1) is 28.4 Å². The zero-order valence-electron chi connectivity index (χ0n) is 21.4. The van der Waals surface area contributed by atoms with Crippen molar-refractivity contribution >= 4 is 17.9 Å². The predicted octanol–water partition coefficient (Wildman–Crippen LogP) is 6.60. The third-order valence-electron chi connectivity index (χ3n) is 7.07. The molecule has 0 aliphatic heterocycles. The fourth-order valence-electron chi connectivity index (χ4n) is 4.36. The molecule has 0 atom stereocenters. The molecule has 3 rings (SSSR count). The van der Waals surface area contributed by atoms with Gasteiger partial charge in [-0.3, -0.25) is 4.79 Å². The maximum Gasteiger partial charge on any atom is 0.185 e. The van der Waals surface area contributed by atoms with Gasteiger partial charge in [0.2, 0.25) is 0 Å². The second kappa shape index (κ2) is 10.8. The van der Waals surface area contributed by atoms with E-state index < -0.39 is 0 Å². The number of rotatable bonds is 8. The minimum absolute atomic E-state index is 0.0536. The lowest BCUT2D eigenvalue weighted by Gasteiger charge is -2.38. The fraction of sp³-hybridized carbons (Fsp3) is 0.414. The van der Waals surface area contributed by atoms with Crippen molar-refractivity contribution in [2.45, 2.75) is 40.0 Å². The molecule has 1 fully saturated rings. The molecular formula is C29H36O5. The van der Waals surface area contributed by atoms with Crippen molar-refractivity contribution in [2.24, 2.45) is 11.3 Å². The van der Waals surface area contributed by atoms with Crippen LogP contribution in [0.1, 0.15) is 51.2 Å². The summed E-state index contributed by atoms with van der Waals surface area (Å²) in [5.41, 5.74) is 3.29. The average Bonchev–Trinajstić information content (AvgIpc) is 2.85. The minimum atomic E-state index is 0.0536. The summed E-state index contributed by atoms with van der Waals surface area (Å²) < 4.78 is 21.9. The molecule has 0 unspecified atom stereocenters. The number of ether oxygens (including phenoxy) is 4. The van der Waals surface area contributed by atoms with Crippen molar-refractivity contribution in [3.8, 4) is 23.0 Å². The Morgan fingerprint density at radius 1 is 0.794 bits per heavy atom. The fourth-order valence-corrected chi connectivity index (χ4v) is 4.36. The summed E-state index contributed by atoms with van der Waals surface area (Å²) in [7, 11) is 6.53. The maximum atomic E-state index is 13.7. The Hall–Kier alpha value is -3.21. The van der Waals surface area contributed by atoms with Crippen LogP contribution >= 0.6 is 0 Å².